The van der Waals surface area contributed by atoms with Gasteiger partial charge in [0.1, 0.15) is 16.9 Å². The number of esters is 1. The Labute approximate surface area is 185 Å². The van der Waals surface area contributed by atoms with Gasteiger partial charge in [-0.05, 0) is 40.5 Å². The first kappa shape index (κ1) is 22.9. The van der Waals surface area contributed by atoms with Crippen LogP contribution in [0.3, 0.4) is 0 Å². The number of nitrogens with one attached hydrogen (secondary N) is 1. The SMILES string of the molecule is CCOC(=O)c1c(C)oc(NC(=O)CSc2nc(C)c(C)n2C2CCCC2)c1C(N)=O. The van der Waals surface area contributed by atoms with Gasteiger partial charge >= 0.3 is 5.97 Å². The first-order valence-corrected chi connectivity index (χ1v) is 11.3. The van der Waals surface area contributed by atoms with E-state index < -0.39 is 17.8 Å². The summed E-state index contributed by atoms with van der Waals surface area (Å²) in [5, 5.41) is 3.36. The molecule has 1 fully saturated rings. The zero-order valence-electron chi connectivity index (χ0n) is 18.2. The molecule has 10 heteroatoms. The fourth-order valence-corrected chi connectivity index (χ4v) is 4.86. The third-order valence-corrected chi connectivity index (χ3v) is 6.39. The monoisotopic (exact) mass is 448 g/mol. The second-order valence-electron chi connectivity index (χ2n) is 7.53. The van der Waals surface area contributed by atoms with Crippen LogP contribution >= 0.6 is 11.8 Å². The minimum absolute atomic E-state index is 0.0648. The molecule has 0 aliphatic heterocycles. The number of nitrogens with two attached hydrogens (primary N) is 1. The zero-order chi connectivity index (χ0) is 22.7. The van der Waals surface area contributed by atoms with Gasteiger partial charge in [-0.1, -0.05) is 24.6 Å². The van der Waals surface area contributed by atoms with Crippen LogP contribution in [0.25, 0.3) is 0 Å². The molecule has 3 rings (SSSR count). The predicted molar refractivity (Wildman–Crippen MR) is 116 cm³/mol. The van der Waals surface area contributed by atoms with Gasteiger partial charge in [0.2, 0.25) is 11.8 Å². The van der Waals surface area contributed by atoms with Crippen LogP contribution in [0, 0.1) is 20.8 Å². The summed E-state index contributed by atoms with van der Waals surface area (Å²) in [6.45, 7) is 7.30. The van der Waals surface area contributed by atoms with Gasteiger partial charge < -0.3 is 19.5 Å². The third-order valence-electron chi connectivity index (χ3n) is 5.44. The van der Waals surface area contributed by atoms with E-state index >= 15 is 0 Å². The highest BCUT2D eigenvalue weighted by atomic mass is 32.2. The Kier molecular flexibility index (Phi) is 7.09. The van der Waals surface area contributed by atoms with Gasteiger partial charge in [-0.25, -0.2) is 9.78 Å². The van der Waals surface area contributed by atoms with Crippen molar-refractivity contribution >= 4 is 35.4 Å². The molecule has 0 unspecified atom stereocenters. The van der Waals surface area contributed by atoms with Gasteiger partial charge in [0.05, 0.1) is 18.1 Å². The summed E-state index contributed by atoms with van der Waals surface area (Å²) in [4.78, 5) is 41.4. The molecule has 168 valence electrons. The molecule has 2 amide bonds. The molecule has 0 aromatic carbocycles. The van der Waals surface area contributed by atoms with E-state index in [-0.39, 0.29) is 35.1 Å². The normalized spacial score (nSPS) is 14.1. The number of anilines is 1. The van der Waals surface area contributed by atoms with Gasteiger partial charge in [0.25, 0.3) is 5.91 Å². The number of primary amides is 1. The fraction of sp³-hybridized carbons (Fsp3) is 0.524. The second kappa shape index (κ2) is 9.59. The number of hydrogen-bond donors (Lipinski definition) is 2. The Morgan fingerprint density at radius 2 is 1.90 bits per heavy atom. The second-order valence-corrected chi connectivity index (χ2v) is 8.47. The molecule has 0 spiro atoms. The molecule has 0 saturated heterocycles. The Bertz CT molecular complexity index is 1000. The van der Waals surface area contributed by atoms with Crippen molar-refractivity contribution in [3.63, 3.8) is 0 Å². The van der Waals surface area contributed by atoms with Crippen LogP contribution in [0.5, 0.6) is 0 Å². The van der Waals surface area contributed by atoms with Gasteiger partial charge in [-0.2, -0.15) is 0 Å². The van der Waals surface area contributed by atoms with Crippen LogP contribution in [-0.4, -0.2) is 39.7 Å². The summed E-state index contributed by atoms with van der Waals surface area (Å²) in [6, 6.07) is 0.410. The number of aromatic nitrogens is 2. The maximum Gasteiger partial charge on any atom is 0.342 e. The predicted octanol–water partition coefficient (Wildman–Crippen LogP) is 3.52. The summed E-state index contributed by atoms with van der Waals surface area (Å²) >= 11 is 1.33. The minimum Gasteiger partial charge on any atom is -0.462 e. The number of rotatable bonds is 8. The molecule has 2 aromatic heterocycles. The third kappa shape index (κ3) is 4.79. The molecule has 2 aromatic rings. The lowest BCUT2D eigenvalue weighted by molar-refractivity contribution is -0.113. The van der Waals surface area contributed by atoms with E-state index in [2.05, 4.69) is 14.9 Å². The number of aryl methyl sites for hydroxylation is 2. The highest BCUT2D eigenvalue weighted by molar-refractivity contribution is 7.99. The number of hydrogen-bond acceptors (Lipinski definition) is 7. The summed E-state index contributed by atoms with van der Waals surface area (Å²) < 4.78 is 12.7. The van der Waals surface area contributed by atoms with E-state index in [9.17, 15) is 14.4 Å². The number of amides is 2. The number of furan rings is 1. The topological polar surface area (TPSA) is 129 Å². The van der Waals surface area contributed by atoms with Crippen molar-refractivity contribution in [1.29, 1.82) is 0 Å². The lowest BCUT2D eigenvalue weighted by atomic mass is 10.1. The molecule has 1 saturated carbocycles. The standard InChI is InChI=1S/C21H28N4O5S/c1-5-29-20(28)16-13(4)30-19(17(16)18(22)27)24-15(26)10-31-21-23-11(2)12(3)25(21)14-8-6-7-9-14/h14H,5-10H2,1-4H3,(H2,22,27)(H,24,26). The molecule has 9 nitrogen and oxygen atoms in total. The molecule has 31 heavy (non-hydrogen) atoms. The van der Waals surface area contributed by atoms with Gasteiger partial charge in [0, 0.05) is 11.7 Å². The van der Waals surface area contributed by atoms with Crippen molar-refractivity contribution in [3.8, 4) is 0 Å². The molecular formula is C21H28N4O5S. The van der Waals surface area contributed by atoms with Crippen LogP contribution in [0.4, 0.5) is 5.88 Å². The van der Waals surface area contributed by atoms with Gasteiger partial charge in [-0.15, -0.1) is 0 Å². The van der Waals surface area contributed by atoms with E-state index in [0.29, 0.717) is 6.04 Å². The average molecular weight is 449 g/mol. The molecule has 0 atom stereocenters. The summed E-state index contributed by atoms with van der Waals surface area (Å²) in [5.41, 5.74) is 7.25. The molecular weight excluding hydrogens is 420 g/mol. The minimum atomic E-state index is -0.883. The van der Waals surface area contributed by atoms with Crippen molar-refractivity contribution in [1.82, 2.24) is 9.55 Å². The summed E-state index contributed by atoms with van der Waals surface area (Å²) in [6.07, 6.45) is 4.62. The van der Waals surface area contributed by atoms with E-state index in [1.54, 1.807) is 6.92 Å². The van der Waals surface area contributed by atoms with Crippen LogP contribution in [0.1, 0.15) is 76.5 Å². The van der Waals surface area contributed by atoms with Crippen molar-refractivity contribution < 1.29 is 23.5 Å². The van der Waals surface area contributed by atoms with E-state index in [0.717, 1.165) is 29.4 Å². The maximum atomic E-state index is 12.6. The highest BCUT2D eigenvalue weighted by Crippen LogP contribution is 2.35. The smallest absolute Gasteiger partial charge is 0.342 e. The number of imidazole rings is 1. The summed E-state index contributed by atoms with van der Waals surface area (Å²) in [7, 11) is 0. The molecule has 0 radical (unpaired) electrons. The largest absolute Gasteiger partial charge is 0.462 e. The van der Waals surface area contributed by atoms with E-state index in [1.165, 1.54) is 31.5 Å². The molecule has 1 aliphatic rings. The van der Waals surface area contributed by atoms with Crippen LogP contribution < -0.4 is 11.1 Å². The van der Waals surface area contributed by atoms with Crippen molar-refractivity contribution in [2.75, 3.05) is 17.7 Å². The van der Waals surface area contributed by atoms with Crippen LogP contribution in [-0.2, 0) is 9.53 Å². The quantitative estimate of drug-likeness (QED) is 0.467. The Hall–Kier alpha value is -2.75. The number of carbonyl (C=O) groups is 3. The summed E-state index contributed by atoms with van der Waals surface area (Å²) in [5.74, 6) is -1.94. The van der Waals surface area contributed by atoms with Crippen molar-refractivity contribution in [2.45, 2.75) is 64.6 Å². The first-order valence-electron chi connectivity index (χ1n) is 10.3. The first-order chi connectivity index (χ1) is 14.7. The highest BCUT2D eigenvalue weighted by Gasteiger charge is 2.29. The van der Waals surface area contributed by atoms with Crippen LogP contribution in [0.15, 0.2) is 9.57 Å². The van der Waals surface area contributed by atoms with E-state index in [4.69, 9.17) is 14.9 Å². The molecule has 1 aliphatic carbocycles. The molecule has 3 N–H and O–H groups in total. The van der Waals surface area contributed by atoms with Crippen molar-refractivity contribution in [3.05, 3.63) is 28.3 Å². The number of thioether (sulfide) groups is 1. The maximum absolute atomic E-state index is 12.6. The van der Waals surface area contributed by atoms with Crippen LogP contribution in [0.2, 0.25) is 0 Å². The number of nitrogens with zero attached hydrogens (tertiary/aromatic N) is 2. The lowest BCUT2D eigenvalue weighted by Gasteiger charge is -2.16. The Morgan fingerprint density at radius 1 is 1.23 bits per heavy atom. The number of ether oxygens (including phenoxy) is 1. The Balaban J connectivity index is 1.75. The van der Waals surface area contributed by atoms with Gasteiger partial charge in [-0.3, -0.25) is 14.9 Å². The molecule has 0 bridgehead atoms. The average Bonchev–Trinajstić information content (AvgIpc) is 3.39. The molecule has 2 heterocycles. The Morgan fingerprint density at radius 3 is 2.52 bits per heavy atom. The lowest BCUT2D eigenvalue weighted by Crippen LogP contribution is -2.21. The number of carbonyl (C=O) groups excluding carboxylic acids is 3. The van der Waals surface area contributed by atoms with E-state index in [1.807, 2.05) is 13.8 Å². The zero-order valence-corrected chi connectivity index (χ0v) is 19.1. The van der Waals surface area contributed by atoms with Gasteiger partial charge in [0.15, 0.2) is 5.16 Å². The fourth-order valence-electron chi connectivity index (χ4n) is 3.90. The van der Waals surface area contributed by atoms with Crippen molar-refractivity contribution in [2.24, 2.45) is 5.73 Å².